The van der Waals surface area contributed by atoms with Crippen molar-refractivity contribution in [3.63, 3.8) is 0 Å². The molecule has 0 aromatic heterocycles. The Morgan fingerprint density at radius 3 is 2.46 bits per heavy atom. The van der Waals surface area contributed by atoms with Crippen LogP contribution >= 0.6 is 0 Å². The van der Waals surface area contributed by atoms with E-state index >= 15 is 0 Å². The van der Waals surface area contributed by atoms with E-state index in [1.165, 1.54) is 0 Å². The number of carbonyl (C=O) groups excluding carboxylic acids is 2. The Labute approximate surface area is 167 Å². The average Bonchev–Trinajstić information content (AvgIpc) is 3.16. The van der Waals surface area contributed by atoms with Gasteiger partial charge in [-0.3, -0.25) is 14.5 Å². The van der Waals surface area contributed by atoms with Crippen LogP contribution in [0.3, 0.4) is 0 Å². The van der Waals surface area contributed by atoms with Crippen LogP contribution in [-0.4, -0.2) is 55.3 Å². The summed E-state index contributed by atoms with van der Waals surface area (Å²) in [4.78, 5) is 26.5. The molecule has 0 radical (unpaired) electrons. The number of rotatable bonds is 9. The number of benzene rings is 1. The molecule has 0 amide bonds. The van der Waals surface area contributed by atoms with Crippen molar-refractivity contribution in [2.45, 2.75) is 57.8 Å². The zero-order valence-electron chi connectivity index (χ0n) is 16.8. The molecule has 0 bridgehead atoms. The van der Waals surface area contributed by atoms with Crippen LogP contribution < -0.4 is 0 Å². The standard InChI is InChI=1S/C22H31NO5/c1-2-26-21(25)10-6-5-9-20(24)19-8-4-3-7-18(19)17-23-13-11-22(12-14-23)27-15-16-28-22/h3-4,7-8H,2,5-6,9-17H2,1H3. The van der Waals surface area contributed by atoms with Crippen molar-refractivity contribution < 1.29 is 23.8 Å². The lowest BCUT2D eigenvalue weighted by Gasteiger charge is -2.37. The molecule has 28 heavy (non-hydrogen) atoms. The molecule has 1 spiro atoms. The maximum Gasteiger partial charge on any atom is 0.305 e. The summed E-state index contributed by atoms with van der Waals surface area (Å²) in [5, 5.41) is 0. The third-order valence-electron chi connectivity index (χ3n) is 5.48. The Morgan fingerprint density at radius 1 is 1.07 bits per heavy atom. The van der Waals surface area contributed by atoms with Gasteiger partial charge in [-0.1, -0.05) is 24.3 Å². The molecule has 2 saturated heterocycles. The highest BCUT2D eigenvalue weighted by Gasteiger charge is 2.39. The monoisotopic (exact) mass is 389 g/mol. The summed E-state index contributed by atoms with van der Waals surface area (Å²) in [6.07, 6.45) is 3.96. The first-order chi connectivity index (χ1) is 13.6. The van der Waals surface area contributed by atoms with Crippen molar-refractivity contribution in [1.29, 1.82) is 0 Å². The number of Topliss-reactive ketones (excluding diaryl/α,β-unsaturated/α-hetero) is 1. The van der Waals surface area contributed by atoms with Gasteiger partial charge in [0.15, 0.2) is 11.6 Å². The van der Waals surface area contributed by atoms with E-state index in [4.69, 9.17) is 14.2 Å². The van der Waals surface area contributed by atoms with Gasteiger partial charge in [0.05, 0.1) is 19.8 Å². The van der Waals surface area contributed by atoms with Gasteiger partial charge in [-0.2, -0.15) is 0 Å². The van der Waals surface area contributed by atoms with E-state index < -0.39 is 0 Å². The smallest absolute Gasteiger partial charge is 0.305 e. The number of ketones is 1. The quantitative estimate of drug-likeness (QED) is 0.367. The minimum Gasteiger partial charge on any atom is -0.466 e. The molecule has 1 aromatic rings. The maximum absolute atomic E-state index is 12.7. The summed E-state index contributed by atoms with van der Waals surface area (Å²) in [7, 11) is 0. The van der Waals surface area contributed by atoms with Crippen molar-refractivity contribution in [2.24, 2.45) is 0 Å². The fourth-order valence-electron chi connectivity index (χ4n) is 3.93. The second kappa shape index (κ2) is 10.1. The second-order valence-electron chi connectivity index (χ2n) is 7.48. The molecule has 2 aliphatic rings. The highest BCUT2D eigenvalue weighted by atomic mass is 16.7. The van der Waals surface area contributed by atoms with Crippen LogP contribution in [0.5, 0.6) is 0 Å². The van der Waals surface area contributed by atoms with E-state index in [-0.39, 0.29) is 17.5 Å². The third-order valence-corrected chi connectivity index (χ3v) is 5.48. The van der Waals surface area contributed by atoms with Crippen LogP contribution in [-0.2, 0) is 25.5 Å². The van der Waals surface area contributed by atoms with Gasteiger partial charge in [0, 0.05) is 50.9 Å². The number of unbranched alkanes of at least 4 members (excludes halogenated alkanes) is 1. The molecule has 0 aliphatic carbocycles. The number of esters is 1. The molecule has 2 heterocycles. The molecule has 6 heteroatoms. The minimum atomic E-state index is -0.370. The first kappa shape index (κ1) is 21.0. The Kier molecular flexibility index (Phi) is 7.59. The lowest BCUT2D eigenvalue weighted by Crippen LogP contribution is -2.44. The summed E-state index contributed by atoms with van der Waals surface area (Å²) in [5.41, 5.74) is 1.87. The lowest BCUT2D eigenvalue weighted by atomic mass is 9.97. The van der Waals surface area contributed by atoms with Crippen molar-refractivity contribution in [2.75, 3.05) is 32.9 Å². The summed E-state index contributed by atoms with van der Waals surface area (Å²) in [6, 6.07) is 7.86. The van der Waals surface area contributed by atoms with Crippen molar-refractivity contribution in [3.8, 4) is 0 Å². The van der Waals surface area contributed by atoms with Crippen molar-refractivity contribution >= 4 is 11.8 Å². The molecule has 1 aromatic carbocycles. The molecular weight excluding hydrogens is 358 g/mol. The number of carbonyl (C=O) groups is 2. The number of hydrogen-bond acceptors (Lipinski definition) is 6. The third kappa shape index (κ3) is 5.63. The Balaban J connectivity index is 1.48. The van der Waals surface area contributed by atoms with Crippen LogP contribution in [0.1, 0.15) is 61.4 Å². The summed E-state index contributed by atoms with van der Waals surface area (Å²) in [6.45, 7) is 6.15. The topological polar surface area (TPSA) is 65.1 Å². The molecule has 0 unspecified atom stereocenters. The molecule has 0 saturated carbocycles. The maximum atomic E-state index is 12.7. The Hall–Kier alpha value is -1.76. The molecule has 0 N–H and O–H groups in total. The predicted octanol–water partition coefficient (Wildman–Crippen LogP) is 3.33. The zero-order chi connectivity index (χ0) is 19.8. The largest absolute Gasteiger partial charge is 0.466 e. The van der Waals surface area contributed by atoms with Crippen LogP contribution in [0.25, 0.3) is 0 Å². The van der Waals surface area contributed by atoms with Gasteiger partial charge in [0.25, 0.3) is 0 Å². The van der Waals surface area contributed by atoms with Gasteiger partial charge in [0.1, 0.15) is 0 Å². The predicted molar refractivity (Wildman–Crippen MR) is 105 cm³/mol. The minimum absolute atomic E-state index is 0.149. The van der Waals surface area contributed by atoms with Gasteiger partial charge in [-0.05, 0) is 25.3 Å². The number of nitrogens with zero attached hydrogens (tertiary/aromatic N) is 1. The molecule has 2 fully saturated rings. The normalized spacial score (nSPS) is 19.0. The number of piperidine rings is 1. The molecule has 2 aliphatic heterocycles. The van der Waals surface area contributed by atoms with E-state index in [0.29, 0.717) is 45.5 Å². The van der Waals surface area contributed by atoms with E-state index in [2.05, 4.69) is 4.90 Å². The number of hydrogen-bond donors (Lipinski definition) is 0. The van der Waals surface area contributed by atoms with E-state index in [1.807, 2.05) is 24.3 Å². The van der Waals surface area contributed by atoms with E-state index in [9.17, 15) is 9.59 Å². The molecule has 154 valence electrons. The molecular formula is C22H31NO5. The van der Waals surface area contributed by atoms with Gasteiger partial charge >= 0.3 is 5.97 Å². The Bertz CT molecular complexity index is 659. The van der Waals surface area contributed by atoms with Crippen molar-refractivity contribution in [3.05, 3.63) is 35.4 Å². The highest BCUT2D eigenvalue weighted by Crippen LogP contribution is 2.32. The first-order valence-electron chi connectivity index (χ1n) is 10.4. The molecule has 3 rings (SSSR count). The first-order valence-corrected chi connectivity index (χ1v) is 10.4. The van der Waals surface area contributed by atoms with Crippen LogP contribution in [0.4, 0.5) is 0 Å². The number of likely N-dealkylation sites (tertiary alicyclic amines) is 1. The van der Waals surface area contributed by atoms with Gasteiger partial charge in [-0.25, -0.2) is 0 Å². The van der Waals surface area contributed by atoms with E-state index in [0.717, 1.165) is 43.6 Å². The van der Waals surface area contributed by atoms with Gasteiger partial charge < -0.3 is 14.2 Å². The fourth-order valence-corrected chi connectivity index (χ4v) is 3.93. The summed E-state index contributed by atoms with van der Waals surface area (Å²) >= 11 is 0. The molecule has 6 nitrogen and oxygen atoms in total. The number of ether oxygens (including phenoxy) is 3. The summed E-state index contributed by atoms with van der Waals surface area (Å²) in [5.74, 6) is -0.408. The van der Waals surface area contributed by atoms with Gasteiger partial charge in [-0.15, -0.1) is 0 Å². The van der Waals surface area contributed by atoms with Crippen LogP contribution in [0.15, 0.2) is 24.3 Å². The average molecular weight is 389 g/mol. The Morgan fingerprint density at radius 2 is 1.75 bits per heavy atom. The van der Waals surface area contributed by atoms with Crippen molar-refractivity contribution in [1.82, 2.24) is 4.90 Å². The van der Waals surface area contributed by atoms with Crippen LogP contribution in [0.2, 0.25) is 0 Å². The lowest BCUT2D eigenvalue weighted by molar-refractivity contribution is -0.185. The second-order valence-corrected chi connectivity index (χ2v) is 7.48. The van der Waals surface area contributed by atoms with E-state index in [1.54, 1.807) is 6.92 Å². The fraction of sp³-hybridized carbons (Fsp3) is 0.636. The molecule has 0 atom stereocenters. The zero-order valence-corrected chi connectivity index (χ0v) is 16.8. The van der Waals surface area contributed by atoms with Gasteiger partial charge in [0.2, 0.25) is 0 Å². The van der Waals surface area contributed by atoms with Crippen LogP contribution in [0, 0.1) is 0 Å². The highest BCUT2D eigenvalue weighted by molar-refractivity contribution is 5.97. The SMILES string of the molecule is CCOC(=O)CCCCC(=O)c1ccccc1CN1CCC2(CC1)OCCO2. The summed E-state index contributed by atoms with van der Waals surface area (Å²) < 4.78 is 16.5.